The lowest BCUT2D eigenvalue weighted by atomic mass is 10.1. The molecule has 0 rings (SSSR count). The van der Waals surface area contributed by atoms with Crippen molar-refractivity contribution in [1.29, 1.82) is 0 Å². The average molecular weight is 232 g/mol. The van der Waals surface area contributed by atoms with Crippen molar-refractivity contribution >= 4 is 5.97 Å². The van der Waals surface area contributed by atoms with Gasteiger partial charge in [0.05, 0.1) is 19.3 Å². The Hall–Kier alpha value is -0.910. The number of rotatable bonds is 7. The molecular formula is C11H20O5. The normalized spacial score (nSPS) is 15.7. The summed E-state index contributed by atoms with van der Waals surface area (Å²) in [6.45, 7) is 3.22. The van der Waals surface area contributed by atoms with Gasteiger partial charge in [-0.3, -0.25) is 0 Å². The fourth-order valence-corrected chi connectivity index (χ4v) is 1.11. The van der Waals surface area contributed by atoms with Crippen LogP contribution in [-0.4, -0.2) is 46.7 Å². The smallest absolute Gasteiger partial charge is 0.333 e. The summed E-state index contributed by atoms with van der Waals surface area (Å²) >= 11 is 0. The zero-order valence-electron chi connectivity index (χ0n) is 9.72. The van der Waals surface area contributed by atoms with E-state index in [2.05, 4.69) is 0 Å². The summed E-state index contributed by atoms with van der Waals surface area (Å²) < 4.78 is 4.77. The van der Waals surface area contributed by atoms with Gasteiger partial charge in [-0.1, -0.05) is 6.08 Å². The van der Waals surface area contributed by atoms with E-state index in [0.717, 1.165) is 0 Å². The van der Waals surface area contributed by atoms with E-state index in [9.17, 15) is 9.90 Å². The maximum absolute atomic E-state index is 11.2. The summed E-state index contributed by atoms with van der Waals surface area (Å²) in [6, 6.07) is 0. The van der Waals surface area contributed by atoms with Gasteiger partial charge in [-0.2, -0.15) is 0 Å². The van der Waals surface area contributed by atoms with Crippen LogP contribution in [0.2, 0.25) is 0 Å². The SMILES string of the molecule is CCOC(=O)/C(C)=C/CC[C@H](O)[C@H](O)CO. The summed E-state index contributed by atoms with van der Waals surface area (Å²) in [7, 11) is 0. The van der Waals surface area contributed by atoms with Crippen molar-refractivity contribution in [2.24, 2.45) is 0 Å². The summed E-state index contributed by atoms with van der Waals surface area (Å²) in [5, 5.41) is 27.0. The summed E-state index contributed by atoms with van der Waals surface area (Å²) in [4.78, 5) is 11.2. The Morgan fingerprint density at radius 3 is 2.50 bits per heavy atom. The maximum Gasteiger partial charge on any atom is 0.333 e. The number of esters is 1. The van der Waals surface area contributed by atoms with E-state index >= 15 is 0 Å². The summed E-state index contributed by atoms with van der Waals surface area (Å²) in [5.41, 5.74) is 0.479. The van der Waals surface area contributed by atoms with Crippen molar-refractivity contribution in [3.05, 3.63) is 11.6 Å². The highest BCUT2D eigenvalue weighted by Gasteiger charge is 2.14. The van der Waals surface area contributed by atoms with Gasteiger partial charge in [0.2, 0.25) is 0 Å². The predicted molar refractivity (Wildman–Crippen MR) is 58.7 cm³/mol. The fraction of sp³-hybridized carbons (Fsp3) is 0.727. The van der Waals surface area contributed by atoms with Crippen LogP contribution in [-0.2, 0) is 9.53 Å². The van der Waals surface area contributed by atoms with E-state index in [1.54, 1.807) is 19.9 Å². The van der Waals surface area contributed by atoms with E-state index in [-0.39, 0.29) is 5.97 Å². The number of carbonyl (C=O) groups excluding carboxylic acids is 1. The second kappa shape index (κ2) is 8.27. The standard InChI is InChI=1S/C11H20O5/c1-3-16-11(15)8(2)5-4-6-9(13)10(14)7-12/h5,9-10,12-14H,3-4,6-7H2,1-2H3/b8-5+/t9-,10+/m0/s1. The molecule has 0 heterocycles. The van der Waals surface area contributed by atoms with E-state index in [1.807, 2.05) is 0 Å². The van der Waals surface area contributed by atoms with Crippen LogP contribution >= 0.6 is 0 Å². The molecule has 0 spiro atoms. The molecule has 3 N–H and O–H groups in total. The van der Waals surface area contributed by atoms with Crippen LogP contribution in [0.5, 0.6) is 0 Å². The van der Waals surface area contributed by atoms with Crippen molar-refractivity contribution < 1.29 is 24.9 Å². The molecule has 94 valence electrons. The van der Waals surface area contributed by atoms with Gasteiger partial charge in [-0.25, -0.2) is 4.79 Å². The lowest BCUT2D eigenvalue weighted by Gasteiger charge is -2.14. The Morgan fingerprint density at radius 1 is 1.38 bits per heavy atom. The van der Waals surface area contributed by atoms with Gasteiger partial charge in [-0.05, 0) is 26.7 Å². The van der Waals surface area contributed by atoms with E-state index < -0.39 is 18.8 Å². The number of aliphatic hydroxyl groups is 3. The van der Waals surface area contributed by atoms with Crippen molar-refractivity contribution in [3.8, 4) is 0 Å². The minimum absolute atomic E-state index is 0.290. The molecule has 0 bridgehead atoms. The van der Waals surface area contributed by atoms with E-state index in [1.165, 1.54) is 0 Å². The monoisotopic (exact) mass is 232 g/mol. The Bertz CT molecular complexity index is 237. The number of carbonyl (C=O) groups is 1. The molecule has 0 fully saturated rings. The lowest BCUT2D eigenvalue weighted by molar-refractivity contribution is -0.138. The van der Waals surface area contributed by atoms with Gasteiger partial charge in [0.25, 0.3) is 0 Å². The van der Waals surface area contributed by atoms with Crippen LogP contribution in [0.3, 0.4) is 0 Å². The molecule has 0 aromatic heterocycles. The Labute approximate surface area is 95.4 Å². The topological polar surface area (TPSA) is 87.0 Å². The third-order valence-corrected chi connectivity index (χ3v) is 2.14. The zero-order chi connectivity index (χ0) is 12.6. The van der Waals surface area contributed by atoms with Gasteiger partial charge in [0.15, 0.2) is 0 Å². The third-order valence-electron chi connectivity index (χ3n) is 2.14. The largest absolute Gasteiger partial charge is 0.463 e. The van der Waals surface area contributed by atoms with Crippen molar-refractivity contribution in [2.45, 2.75) is 38.9 Å². The van der Waals surface area contributed by atoms with Crippen molar-refractivity contribution in [2.75, 3.05) is 13.2 Å². The molecule has 0 aliphatic rings. The second-order valence-electron chi connectivity index (χ2n) is 3.50. The van der Waals surface area contributed by atoms with Crippen LogP contribution in [0.4, 0.5) is 0 Å². The van der Waals surface area contributed by atoms with Gasteiger partial charge < -0.3 is 20.1 Å². The first-order chi connectivity index (χ1) is 7.52. The van der Waals surface area contributed by atoms with Crippen LogP contribution in [0.25, 0.3) is 0 Å². The predicted octanol–water partition coefficient (Wildman–Crippen LogP) is -0.00990. The first-order valence-electron chi connectivity index (χ1n) is 5.33. The highest BCUT2D eigenvalue weighted by molar-refractivity contribution is 5.87. The van der Waals surface area contributed by atoms with Gasteiger partial charge in [0.1, 0.15) is 6.10 Å². The molecule has 0 aliphatic carbocycles. The highest BCUT2D eigenvalue weighted by Crippen LogP contribution is 2.06. The Morgan fingerprint density at radius 2 is 2.00 bits per heavy atom. The van der Waals surface area contributed by atoms with Crippen LogP contribution in [0, 0.1) is 0 Å². The molecule has 0 amide bonds. The molecule has 16 heavy (non-hydrogen) atoms. The molecule has 0 aromatic rings. The van der Waals surface area contributed by atoms with Gasteiger partial charge in [-0.15, -0.1) is 0 Å². The van der Waals surface area contributed by atoms with E-state index in [4.69, 9.17) is 14.9 Å². The summed E-state index contributed by atoms with van der Waals surface area (Å²) in [5.74, 6) is -0.375. The molecule has 0 aliphatic heterocycles. The van der Waals surface area contributed by atoms with Crippen LogP contribution < -0.4 is 0 Å². The van der Waals surface area contributed by atoms with Crippen molar-refractivity contribution in [3.63, 3.8) is 0 Å². The molecule has 5 nitrogen and oxygen atoms in total. The van der Waals surface area contributed by atoms with Gasteiger partial charge in [0, 0.05) is 5.57 Å². The van der Waals surface area contributed by atoms with Crippen LogP contribution in [0.15, 0.2) is 11.6 Å². The van der Waals surface area contributed by atoms with E-state index in [0.29, 0.717) is 25.0 Å². The Balaban J connectivity index is 3.94. The first-order valence-corrected chi connectivity index (χ1v) is 5.33. The maximum atomic E-state index is 11.2. The average Bonchev–Trinajstić information content (AvgIpc) is 2.27. The fourth-order valence-electron chi connectivity index (χ4n) is 1.11. The minimum atomic E-state index is -1.13. The zero-order valence-corrected chi connectivity index (χ0v) is 9.72. The molecule has 0 unspecified atom stereocenters. The first kappa shape index (κ1) is 15.1. The molecule has 0 aromatic carbocycles. The molecule has 5 heteroatoms. The minimum Gasteiger partial charge on any atom is -0.463 e. The molecular weight excluding hydrogens is 212 g/mol. The molecule has 2 atom stereocenters. The Kier molecular flexibility index (Phi) is 7.80. The lowest BCUT2D eigenvalue weighted by Crippen LogP contribution is -2.28. The number of ether oxygens (including phenoxy) is 1. The quantitative estimate of drug-likeness (QED) is 0.424. The number of aliphatic hydroxyl groups excluding tert-OH is 3. The highest BCUT2D eigenvalue weighted by atomic mass is 16.5. The number of hydrogen-bond acceptors (Lipinski definition) is 5. The molecule has 0 radical (unpaired) electrons. The molecule has 0 saturated heterocycles. The number of allylic oxidation sites excluding steroid dienone is 1. The molecule has 0 saturated carbocycles. The van der Waals surface area contributed by atoms with Crippen molar-refractivity contribution in [1.82, 2.24) is 0 Å². The third kappa shape index (κ3) is 5.85. The number of hydrogen-bond donors (Lipinski definition) is 3. The summed E-state index contributed by atoms with van der Waals surface area (Å²) in [6.07, 6.45) is 0.277. The van der Waals surface area contributed by atoms with Gasteiger partial charge >= 0.3 is 5.97 Å². The second-order valence-corrected chi connectivity index (χ2v) is 3.50. The van der Waals surface area contributed by atoms with Crippen LogP contribution in [0.1, 0.15) is 26.7 Å².